The van der Waals surface area contributed by atoms with Gasteiger partial charge in [-0.1, -0.05) is 39.5 Å². The van der Waals surface area contributed by atoms with Gasteiger partial charge in [0.15, 0.2) is 0 Å². The number of hydrogen-bond donors (Lipinski definition) is 2. The van der Waals surface area contributed by atoms with E-state index in [1.807, 2.05) is 0 Å². The van der Waals surface area contributed by atoms with E-state index in [1.165, 1.54) is 0 Å². The zero-order valence-electron chi connectivity index (χ0n) is 10.5. The van der Waals surface area contributed by atoms with E-state index in [0.717, 1.165) is 38.5 Å². The topological polar surface area (TPSA) is 58.2 Å². The summed E-state index contributed by atoms with van der Waals surface area (Å²) >= 11 is 0. The van der Waals surface area contributed by atoms with Crippen LogP contribution in [-0.4, -0.2) is 18.5 Å². The predicted octanol–water partition coefficient (Wildman–Crippen LogP) is 2.58. The first-order valence-corrected chi connectivity index (χ1v) is 6.28. The standard InChI is InChI=1S/C12H24N2O2/c1-3-5-7-9-11(15)14-12(16)13-10-8-6-4-2/h3-10H2,1-2H3,(H2,13,14,15,16). The number of nitrogens with one attached hydrogen (secondary N) is 2. The Kier molecular flexibility index (Phi) is 9.76. The van der Waals surface area contributed by atoms with Crippen molar-refractivity contribution in [2.24, 2.45) is 0 Å². The van der Waals surface area contributed by atoms with Gasteiger partial charge in [-0.2, -0.15) is 0 Å². The molecule has 0 heterocycles. The highest BCUT2D eigenvalue weighted by Gasteiger charge is 2.05. The summed E-state index contributed by atoms with van der Waals surface area (Å²) in [6.45, 7) is 4.83. The van der Waals surface area contributed by atoms with Crippen molar-refractivity contribution in [2.75, 3.05) is 6.54 Å². The Morgan fingerprint density at radius 1 is 0.938 bits per heavy atom. The number of carbonyl (C=O) groups is 2. The van der Waals surface area contributed by atoms with Crippen molar-refractivity contribution >= 4 is 11.9 Å². The Hall–Kier alpha value is -1.06. The highest BCUT2D eigenvalue weighted by Crippen LogP contribution is 1.98. The third-order valence-electron chi connectivity index (χ3n) is 2.33. The normalized spacial score (nSPS) is 9.88. The van der Waals surface area contributed by atoms with Crippen LogP contribution in [0.25, 0.3) is 0 Å². The van der Waals surface area contributed by atoms with Gasteiger partial charge in [-0.3, -0.25) is 10.1 Å². The van der Waals surface area contributed by atoms with Crippen molar-refractivity contribution in [3.05, 3.63) is 0 Å². The van der Waals surface area contributed by atoms with Crippen LogP contribution < -0.4 is 10.6 Å². The SMILES string of the molecule is CCCCCNC(=O)NC(=O)CCCCC. The number of imide groups is 1. The fourth-order valence-corrected chi connectivity index (χ4v) is 1.35. The first-order valence-electron chi connectivity index (χ1n) is 6.28. The fourth-order valence-electron chi connectivity index (χ4n) is 1.35. The van der Waals surface area contributed by atoms with Crippen LogP contribution in [-0.2, 0) is 4.79 Å². The molecule has 0 unspecified atom stereocenters. The number of amides is 3. The van der Waals surface area contributed by atoms with Gasteiger partial charge in [0.1, 0.15) is 0 Å². The fraction of sp³-hybridized carbons (Fsp3) is 0.833. The molecule has 0 aromatic carbocycles. The Morgan fingerprint density at radius 2 is 1.56 bits per heavy atom. The van der Waals surface area contributed by atoms with Crippen LogP contribution in [0.2, 0.25) is 0 Å². The lowest BCUT2D eigenvalue weighted by atomic mass is 10.2. The van der Waals surface area contributed by atoms with Crippen LogP contribution in [0, 0.1) is 0 Å². The van der Waals surface area contributed by atoms with Crippen molar-refractivity contribution in [3.63, 3.8) is 0 Å². The van der Waals surface area contributed by atoms with E-state index in [1.54, 1.807) is 0 Å². The minimum absolute atomic E-state index is 0.179. The molecule has 0 aromatic rings. The lowest BCUT2D eigenvalue weighted by Crippen LogP contribution is -2.39. The summed E-state index contributed by atoms with van der Waals surface area (Å²) in [6.07, 6.45) is 6.60. The molecule has 0 aliphatic rings. The second-order valence-corrected chi connectivity index (χ2v) is 3.97. The molecule has 0 aliphatic carbocycles. The molecule has 16 heavy (non-hydrogen) atoms. The first-order chi connectivity index (χ1) is 7.70. The van der Waals surface area contributed by atoms with Crippen LogP contribution in [0.15, 0.2) is 0 Å². The van der Waals surface area contributed by atoms with Gasteiger partial charge in [0, 0.05) is 13.0 Å². The summed E-state index contributed by atoms with van der Waals surface area (Å²) in [6, 6.07) is -0.363. The summed E-state index contributed by atoms with van der Waals surface area (Å²) in [7, 11) is 0. The lowest BCUT2D eigenvalue weighted by molar-refractivity contribution is -0.120. The van der Waals surface area contributed by atoms with Gasteiger partial charge in [-0.25, -0.2) is 4.79 Å². The zero-order chi connectivity index (χ0) is 12.2. The Morgan fingerprint density at radius 3 is 2.19 bits per heavy atom. The highest BCUT2D eigenvalue weighted by molar-refractivity contribution is 5.94. The van der Waals surface area contributed by atoms with E-state index in [2.05, 4.69) is 24.5 Å². The molecule has 2 N–H and O–H groups in total. The maximum Gasteiger partial charge on any atom is 0.321 e. The highest BCUT2D eigenvalue weighted by atomic mass is 16.2. The minimum atomic E-state index is -0.363. The molecule has 0 bridgehead atoms. The van der Waals surface area contributed by atoms with Gasteiger partial charge in [0.05, 0.1) is 0 Å². The summed E-state index contributed by atoms with van der Waals surface area (Å²) in [5.41, 5.74) is 0. The van der Waals surface area contributed by atoms with Crippen molar-refractivity contribution in [2.45, 2.75) is 58.8 Å². The average molecular weight is 228 g/mol. The lowest BCUT2D eigenvalue weighted by Gasteiger charge is -2.05. The van der Waals surface area contributed by atoms with Gasteiger partial charge in [0.25, 0.3) is 0 Å². The zero-order valence-corrected chi connectivity index (χ0v) is 10.5. The van der Waals surface area contributed by atoms with Crippen molar-refractivity contribution in [3.8, 4) is 0 Å². The summed E-state index contributed by atoms with van der Waals surface area (Å²) in [5.74, 6) is -0.179. The molecule has 0 saturated carbocycles. The molecular formula is C12H24N2O2. The molecule has 94 valence electrons. The number of urea groups is 1. The maximum absolute atomic E-state index is 11.2. The Balaban J connectivity index is 3.43. The molecule has 0 spiro atoms. The smallest absolute Gasteiger partial charge is 0.321 e. The van der Waals surface area contributed by atoms with E-state index in [4.69, 9.17) is 0 Å². The molecule has 0 aromatic heterocycles. The molecule has 0 atom stereocenters. The van der Waals surface area contributed by atoms with E-state index in [0.29, 0.717) is 13.0 Å². The molecule has 0 fully saturated rings. The third-order valence-corrected chi connectivity index (χ3v) is 2.33. The quantitative estimate of drug-likeness (QED) is 0.627. The molecule has 0 aliphatic heterocycles. The van der Waals surface area contributed by atoms with E-state index in [9.17, 15) is 9.59 Å². The van der Waals surface area contributed by atoms with Crippen LogP contribution in [0.1, 0.15) is 58.8 Å². The molecule has 4 heteroatoms. The van der Waals surface area contributed by atoms with Crippen LogP contribution in [0.3, 0.4) is 0 Å². The summed E-state index contributed by atoms with van der Waals surface area (Å²) in [4.78, 5) is 22.5. The van der Waals surface area contributed by atoms with Crippen LogP contribution in [0.4, 0.5) is 4.79 Å². The monoisotopic (exact) mass is 228 g/mol. The van der Waals surface area contributed by atoms with E-state index >= 15 is 0 Å². The number of unbranched alkanes of at least 4 members (excludes halogenated alkanes) is 4. The van der Waals surface area contributed by atoms with E-state index < -0.39 is 0 Å². The first kappa shape index (κ1) is 14.9. The molecule has 0 radical (unpaired) electrons. The van der Waals surface area contributed by atoms with Gasteiger partial charge in [0.2, 0.25) is 5.91 Å². The number of rotatable bonds is 8. The largest absolute Gasteiger partial charge is 0.338 e. The van der Waals surface area contributed by atoms with Crippen LogP contribution in [0.5, 0.6) is 0 Å². The maximum atomic E-state index is 11.2. The second kappa shape index (κ2) is 10.5. The average Bonchev–Trinajstić information content (AvgIpc) is 2.25. The van der Waals surface area contributed by atoms with Crippen molar-refractivity contribution in [1.29, 1.82) is 0 Å². The molecule has 0 rings (SSSR count). The minimum Gasteiger partial charge on any atom is -0.338 e. The van der Waals surface area contributed by atoms with Gasteiger partial charge in [-0.15, -0.1) is 0 Å². The molecular weight excluding hydrogens is 204 g/mol. The van der Waals surface area contributed by atoms with E-state index in [-0.39, 0.29) is 11.9 Å². The third kappa shape index (κ3) is 9.49. The van der Waals surface area contributed by atoms with Gasteiger partial charge >= 0.3 is 6.03 Å². The predicted molar refractivity (Wildman–Crippen MR) is 65.2 cm³/mol. The van der Waals surface area contributed by atoms with Crippen molar-refractivity contribution in [1.82, 2.24) is 10.6 Å². The number of hydrogen-bond acceptors (Lipinski definition) is 2. The Labute approximate surface area is 98.2 Å². The molecule has 3 amide bonds. The van der Waals surface area contributed by atoms with Crippen LogP contribution >= 0.6 is 0 Å². The number of carbonyl (C=O) groups excluding carboxylic acids is 2. The Bertz CT molecular complexity index is 205. The summed E-state index contributed by atoms with van der Waals surface area (Å²) < 4.78 is 0. The molecule has 0 saturated heterocycles. The second-order valence-electron chi connectivity index (χ2n) is 3.97. The summed E-state index contributed by atoms with van der Waals surface area (Å²) in [5, 5.41) is 4.99. The van der Waals surface area contributed by atoms with Gasteiger partial charge in [-0.05, 0) is 12.8 Å². The van der Waals surface area contributed by atoms with Crippen molar-refractivity contribution < 1.29 is 9.59 Å². The van der Waals surface area contributed by atoms with Gasteiger partial charge < -0.3 is 5.32 Å². The molecule has 4 nitrogen and oxygen atoms in total.